The van der Waals surface area contributed by atoms with Crippen molar-refractivity contribution in [2.45, 2.75) is 97.2 Å². The highest BCUT2D eigenvalue weighted by Gasteiger charge is 2.58. The number of carbonyl (C=O) groups is 2. The molecule has 1 aromatic carbocycles. The maximum atomic E-state index is 11.7. The van der Waals surface area contributed by atoms with Gasteiger partial charge in [-0.1, -0.05) is 20.8 Å². The summed E-state index contributed by atoms with van der Waals surface area (Å²) in [5.74, 6) is -2.10. The summed E-state index contributed by atoms with van der Waals surface area (Å²) in [7, 11) is 0. The fourth-order valence-electron chi connectivity index (χ4n) is 7.33. The van der Waals surface area contributed by atoms with Gasteiger partial charge in [-0.25, -0.2) is 0 Å². The van der Waals surface area contributed by atoms with E-state index in [1.54, 1.807) is 0 Å². The molecule has 0 saturated heterocycles. The van der Waals surface area contributed by atoms with Gasteiger partial charge in [0.15, 0.2) is 12.6 Å². The lowest BCUT2D eigenvalue weighted by Crippen LogP contribution is -2.57. The van der Waals surface area contributed by atoms with E-state index in [0.717, 1.165) is 12.8 Å². The van der Waals surface area contributed by atoms with Crippen LogP contribution in [0, 0.1) is 29.1 Å². The van der Waals surface area contributed by atoms with E-state index in [0.29, 0.717) is 38.3 Å². The summed E-state index contributed by atoms with van der Waals surface area (Å²) >= 11 is 0. The number of benzene rings is 1. The highest BCUT2D eigenvalue weighted by molar-refractivity contribution is 5.95. The molecular weight excluding hydrogens is 448 g/mol. The molecule has 3 rings (SSSR count). The predicted molar refractivity (Wildman–Crippen MR) is 133 cm³/mol. The normalized spacial score (nSPS) is 32.2. The molecule has 0 aromatic heterocycles. The molecule has 0 radical (unpaired) electrons. The lowest BCUT2D eigenvalue weighted by atomic mass is 9.46. The summed E-state index contributed by atoms with van der Waals surface area (Å²) in [5.41, 5.74) is -2.85. The molecule has 2 aliphatic carbocycles. The minimum atomic E-state index is -0.932. The van der Waals surface area contributed by atoms with Crippen molar-refractivity contribution >= 4 is 12.6 Å². The lowest BCUT2D eigenvalue weighted by molar-refractivity contribution is -0.171. The number of aromatic hydroxyl groups is 3. The van der Waals surface area contributed by atoms with Crippen LogP contribution >= 0.6 is 0 Å². The van der Waals surface area contributed by atoms with Crippen molar-refractivity contribution in [3.63, 3.8) is 0 Å². The molecule has 196 valence electrons. The molecule has 0 amide bonds. The summed E-state index contributed by atoms with van der Waals surface area (Å²) < 4.78 is 0. The van der Waals surface area contributed by atoms with E-state index >= 15 is 0 Å². The molecule has 7 nitrogen and oxygen atoms in total. The third-order valence-electron chi connectivity index (χ3n) is 9.25. The van der Waals surface area contributed by atoms with Gasteiger partial charge >= 0.3 is 0 Å². The Morgan fingerprint density at radius 2 is 1.51 bits per heavy atom. The van der Waals surface area contributed by atoms with E-state index in [1.807, 2.05) is 34.6 Å². The summed E-state index contributed by atoms with van der Waals surface area (Å²) in [6.07, 6.45) is 4.53. The second-order valence-corrected chi connectivity index (χ2v) is 12.4. The molecule has 0 bridgehead atoms. The quantitative estimate of drug-likeness (QED) is 0.343. The predicted octanol–water partition coefficient (Wildman–Crippen LogP) is 4.91. The van der Waals surface area contributed by atoms with Gasteiger partial charge in [-0.15, -0.1) is 0 Å². The van der Waals surface area contributed by atoms with Crippen LogP contribution in [0.3, 0.4) is 0 Å². The van der Waals surface area contributed by atoms with E-state index in [2.05, 4.69) is 6.92 Å². The molecule has 6 atom stereocenters. The second-order valence-electron chi connectivity index (χ2n) is 12.4. The van der Waals surface area contributed by atoms with E-state index in [-0.39, 0.29) is 34.7 Å². The molecule has 2 aliphatic rings. The van der Waals surface area contributed by atoms with E-state index in [1.165, 1.54) is 0 Å². The topological polar surface area (TPSA) is 135 Å². The van der Waals surface area contributed by atoms with Gasteiger partial charge in [0.25, 0.3) is 0 Å². The van der Waals surface area contributed by atoms with Crippen molar-refractivity contribution in [1.82, 2.24) is 0 Å². The number of hydrogen-bond acceptors (Lipinski definition) is 7. The summed E-state index contributed by atoms with van der Waals surface area (Å²) in [6, 6.07) is 0. The van der Waals surface area contributed by atoms with Crippen LogP contribution in [0.25, 0.3) is 0 Å². The van der Waals surface area contributed by atoms with Gasteiger partial charge in [-0.2, -0.15) is 0 Å². The number of aldehydes is 2. The molecular formula is C28H42O7. The Balaban J connectivity index is 2.20. The smallest absolute Gasteiger partial charge is 0.157 e. The first kappa shape index (κ1) is 27.5. The average Bonchev–Trinajstić information content (AvgIpc) is 2.72. The Morgan fingerprint density at radius 3 is 1.97 bits per heavy atom. The lowest BCUT2D eigenvalue weighted by Gasteiger charge is -2.60. The zero-order valence-electron chi connectivity index (χ0n) is 21.8. The van der Waals surface area contributed by atoms with Crippen LogP contribution in [0.5, 0.6) is 17.2 Å². The number of phenolic OH excluding ortho intramolecular Hbond substituents is 3. The molecule has 1 aromatic rings. The third kappa shape index (κ3) is 4.69. The van der Waals surface area contributed by atoms with Crippen molar-refractivity contribution in [3.05, 3.63) is 16.7 Å². The van der Waals surface area contributed by atoms with Crippen molar-refractivity contribution in [1.29, 1.82) is 0 Å². The average molecular weight is 491 g/mol. The van der Waals surface area contributed by atoms with Crippen LogP contribution in [0.2, 0.25) is 0 Å². The van der Waals surface area contributed by atoms with Gasteiger partial charge < -0.3 is 25.5 Å². The molecule has 0 heterocycles. The Morgan fingerprint density at radius 1 is 0.971 bits per heavy atom. The van der Waals surface area contributed by atoms with Gasteiger partial charge in [-0.3, -0.25) is 9.59 Å². The molecule has 5 N–H and O–H groups in total. The summed E-state index contributed by atoms with van der Waals surface area (Å²) in [5, 5.41) is 54.7. The van der Waals surface area contributed by atoms with E-state index in [9.17, 15) is 35.1 Å². The summed E-state index contributed by atoms with van der Waals surface area (Å²) in [4.78, 5) is 23.5. The number of rotatable bonds is 7. The number of fused-ring (bicyclic) bond motifs is 1. The zero-order valence-corrected chi connectivity index (χ0v) is 21.8. The third-order valence-corrected chi connectivity index (χ3v) is 9.25. The first-order valence-electron chi connectivity index (χ1n) is 12.8. The standard InChI is InChI=1S/C28H42O7/c1-15(2)11-17(22-24(32)18(13-29)23(31)19(14-30)25(22)33)20-8-10-28(6,35)21-12-16(26(3,4)34)7-9-27(20,21)5/h13-17,20-21,31-35H,7-12H2,1-6H3/t16-,17-,20+,21-,27+,28+/m1/s1. The molecule has 2 fully saturated rings. The Hall–Kier alpha value is -2.12. The van der Waals surface area contributed by atoms with Crippen molar-refractivity contribution in [2.24, 2.45) is 29.1 Å². The van der Waals surface area contributed by atoms with Crippen LogP contribution in [-0.2, 0) is 0 Å². The van der Waals surface area contributed by atoms with Gasteiger partial charge in [-0.05, 0) is 94.3 Å². The first-order chi connectivity index (χ1) is 16.1. The minimum absolute atomic E-state index is 0.0353. The Bertz CT molecular complexity index is 939. The number of hydrogen-bond donors (Lipinski definition) is 5. The van der Waals surface area contributed by atoms with Gasteiger partial charge in [0.2, 0.25) is 0 Å². The van der Waals surface area contributed by atoms with Crippen molar-refractivity contribution in [3.8, 4) is 17.2 Å². The van der Waals surface area contributed by atoms with E-state index < -0.39 is 45.5 Å². The van der Waals surface area contributed by atoms with Crippen LogP contribution in [0.15, 0.2) is 0 Å². The fourth-order valence-corrected chi connectivity index (χ4v) is 7.33. The van der Waals surface area contributed by atoms with Crippen LogP contribution < -0.4 is 0 Å². The maximum Gasteiger partial charge on any atom is 0.157 e. The summed E-state index contributed by atoms with van der Waals surface area (Å²) in [6.45, 7) is 11.7. The van der Waals surface area contributed by atoms with Gasteiger partial charge in [0.05, 0.1) is 22.3 Å². The SMILES string of the molecule is CC(C)C[C@@H](c1c(O)c(C=O)c(O)c(C=O)c1O)[C@@H]1CC[C@](C)(O)[C@@H]2C[C@H](C(C)(C)O)CC[C@]21C. The van der Waals surface area contributed by atoms with Crippen LogP contribution in [0.1, 0.15) is 112 Å². The van der Waals surface area contributed by atoms with Gasteiger partial charge in [0.1, 0.15) is 17.2 Å². The number of phenols is 3. The van der Waals surface area contributed by atoms with Crippen molar-refractivity contribution < 1.29 is 35.1 Å². The van der Waals surface area contributed by atoms with Crippen molar-refractivity contribution in [2.75, 3.05) is 0 Å². The molecule has 2 saturated carbocycles. The molecule has 35 heavy (non-hydrogen) atoms. The Kier molecular flexibility index (Phi) is 7.37. The highest BCUT2D eigenvalue weighted by atomic mass is 16.3. The monoisotopic (exact) mass is 490 g/mol. The first-order valence-corrected chi connectivity index (χ1v) is 12.8. The largest absolute Gasteiger partial charge is 0.507 e. The molecule has 7 heteroatoms. The number of carbonyl (C=O) groups excluding carboxylic acids is 2. The number of aliphatic hydroxyl groups is 2. The minimum Gasteiger partial charge on any atom is -0.507 e. The van der Waals surface area contributed by atoms with E-state index in [4.69, 9.17) is 0 Å². The maximum absolute atomic E-state index is 11.7. The van der Waals surface area contributed by atoms with Crippen LogP contribution in [0.4, 0.5) is 0 Å². The fraction of sp³-hybridized carbons (Fsp3) is 0.714. The molecule has 0 spiro atoms. The van der Waals surface area contributed by atoms with Gasteiger partial charge in [0, 0.05) is 5.56 Å². The molecule has 0 unspecified atom stereocenters. The zero-order chi connectivity index (χ0) is 26.5. The molecule has 0 aliphatic heterocycles. The Labute approximate surface area is 208 Å². The van der Waals surface area contributed by atoms with Crippen LogP contribution in [-0.4, -0.2) is 49.3 Å². The second kappa shape index (κ2) is 9.40. The highest BCUT2D eigenvalue weighted by Crippen LogP contribution is 2.64.